The molecule has 154 valence electrons. The number of nitrogens with zero attached hydrogens (tertiary/aromatic N) is 2. The van der Waals surface area contributed by atoms with Gasteiger partial charge in [0.1, 0.15) is 0 Å². The minimum Gasteiger partial charge on any atom is -0.377 e. The lowest BCUT2D eigenvalue weighted by atomic mass is 9.78. The molecule has 1 fully saturated rings. The Balaban J connectivity index is 2.00. The van der Waals surface area contributed by atoms with Gasteiger partial charge >= 0.3 is 0 Å². The molecule has 6 heteroatoms. The Morgan fingerprint density at radius 1 is 1.37 bits per heavy atom. The molecule has 2 rings (SSSR count). The van der Waals surface area contributed by atoms with Crippen molar-refractivity contribution in [3.8, 4) is 0 Å². The number of aliphatic imine (C=N–C) groups is 1. The lowest BCUT2D eigenvalue weighted by Gasteiger charge is -2.40. The van der Waals surface area contributed by atoms with Gasteiger partial charge in [0.05, 0.1) is 18.7 Å². The highest BCUT2D eigenvalue weighted by Gasteiger charge is 2.35. The van der Waals surface area contributed by atoms with Crippen LogP contribution >= 0.6 is 11.3 Å². The summed E-state index contributed by atoms with van der Waals surface area (Å²) in [5.74, 6) is 1.42. The first-order valence-electron chi connectivity index (χ1n) is 10.2. The van der Waals surface area contributed by atoms with Crippen LogP contribution in [0.4, 0.5) is 0 Å². The van der Waals surface area contributed by atoms with Crippen LogP contribution in [0, 0.1) is 11.3 Å². The van der Waals surface area contributed by atoms with Crippen LogP contribution in [-0.4, -0.2) is 57.3 Å². The molecule has 0 radical (unpaired) electrons. The Morgan fingerprint density at radius 3 is 2.74 bits per heavy atom. The molecule has 0 saturated carbocycles. The number of likely N-dealkylation sites (N-methyl/N-ethyl adjacent to an activating group) is 1. The second-order valence-electron chi connectivity index (χ2n) is 8.66. The van der Waals surface area contributed by atoms with E-state index in [1.165, 1.54) is 11.3 Å². The van der Waals surface area contributed by atoms with Crippen LogP contribution in [0.3, 0.4) is 0 Å². The van der Waals surface area contributed by atoms with E-state index in [0.29, 0.717) is 18.1 Å². The molecular formula is C21H38N4OS. The summed E-state index contributed by atoms with van der Waals surface area (Å²) < 4.78 is 6.12. The molecule has 5 nitrogen and oxygen atoms in total. The van der Waals surface area contributed by atoms with Crippen LogP contribution in [-0.2, 0) is 4.74 Å². The van der Waals surface area contributed by atoms with Gasteiger partial charge < -0.3 is 20.3 Å². The van der Waals surface area contributed by atoms with Crippen LogP contribution in [0.5, 0.6) is 0 Å². The molecule has 0 amide bonds. The molecule has 1 aliphatic rings. The Labute approximate surface area is 169 Å². The zero-order valence-electron chi connectivity index (χ0n) is 17.9. The SMILES string of the molecule is CCNC(=NCC(c1cccs1)N(C)C)NCC1CCCOC1C(C)(C)C. The summed E-state index contributed by atoms with van der Waals surface area (Å²) >= 11 is 1.80. The van der Waals surface area contributed by atoms with E-state index >= 15 is 0 Å². The van der Waals surface area contributed by atoms with E-state index in [0.717, 1.165) is 38.6 Å². The maximum atomic E-state index is 6.12. The topological polar surface area (TPSA) is 48.9 Å². The fourth-order valence-corrected chi connectivity index (χ4v) is 4.66. The predicted octanol–water partition coefficient (Wildman–Crippen LogP) is 3.75. The summed E-state index contributed by atoms with van der Waals surface area (Å²) in [6.45, 7) is 12.3. The van der Waals surface area contributed by atoms with E-state index < -0.39 is 0 Å². The van der Waals surface area contributed by atoms with Crippen molar-refractivity contribution in [3.05, 3.63) is 22.4 Å². The van der Waals surface area contributed by atoms with Crippen molar-refractivity contribution in [1.29, 1.82) is 0 Å². The van der Waals surface area contributed by atoms with Crippen molar-refractivity contribution >= 4 is 17.3 Å². The van der Waals surface area contributed by atoms with Crippen molar-refractivity contribution in [2.45, 2.75) is 52.7 Å². The number of hydrogen-bond donors (Lipinski definition) is 2. The van der Waals surface area contributed by atoms with Gasteiger partial charge in [-0.05, 0) is 50.7 Å². The standard InChI is InChI=1S/C21H38N4OS/c1-7-22-20(24-15-17(25(5)6)18-11-9-13-27-18)23-14-16-10-8-12-26-19(16)21(2,3)4/h9,11,13,16-17,19H,7-8,10,12,14-15H2,1-6H3,(H2,22,23,24). The molecule has 1 aromatic rings. The lowest BCUT2D eigenvalue weighted by molar-refractivity contribution is -0.0835. The van der Waals surface area contributed by atoms with Crippen LogP contribution in [0.1, 0.15) is 51.5 Å². The minimum absolute atomic E-state index is 0.164. The normalized spacial score (nSPS) is 22.7. The number of nitrogens with one attached hydrogen (secondary N) is 2. The number of thiophene rings is 1. The quantitative estimate of drug-likeness (QED) is 0.546. The van der Waals surface area contributed by atoms with Gasteiger partial charge in [-0.3, -0.25) is 4.99 Å². The van der Waals surface area contributed by atoms with Gasteiger partial charge in [0.15, 0.2) is 5.96 Å². The monoisotopic (exact) mass is 394 g/mol. The number of guanidine groups is 1. The highest BCUT2D eigenvalue weighted by atomic mass is 32.1. The van der Waals surface area contributed by atoms with Crippen molar-refractivity contribution in [2.24, 2.45) is 16.3 Å². The zero-order valence-corrected chi connectivity index (χ0v) is 18.7. The molecule has 0 spiro atoms. The van der Waals surface area contributed by atoms with E-state index in [9.17, 15) is 0 Å². The molecule has 1 saturated heterocycles. The highest BCUT2D eigenvalue weighted by molar-refractivity contribution is 7.10. The van der Waals surface area contributed by atoms with E-state index in [-0.39, 0.29) is 5.41 Å². The van der Waals surface area contributed by atoms with Gasteiger partial charge in [-0.2, -0.15) is 0 Å². The molecule has 0 bridgehead atoms. The van der Waals surface area contributed by atoms with Crippen molar-refractivity contribution < 1.29 is 4.74 Å². The Kier molecular flexibility index (Phi) is 8.58. The fourth-order valence-electron chi connectivity index (χ4n) is 3.75. The molecule has 27 heavy (non-hydrogen) atoms. The van der Waals surface area contributed by atoms with Gasteiger partial charge in [0.2, 0.25) is 0 Å². The molecule has 3 unspecified atom stereocenters. The lowest BCUT2D eigenvalue weighted by Crippen LogP contribution is -2.47. The van der Waals surface area contributed by atoms with E-state index in [2.05, 4.69) is 74.8 Å². The van der Waals surface area contributed by atoms with Crippen LogP contribution in [0.2, 0.25) is 0 Å². The third kappa shape index (κ3) is 6.77. The van der Waals surface area contributed by atoms with Crippen LogP contribution < -0.4 is 10.6 Å². The maximum absolute atomic E-state index is 6.12. The molecule has 2 heterocycles. The zero-order chi connectivity index (χ0) is 19.9. The average molecular weight is 395 g/mol. The third-order valence-electron chi connectivity index (χ3n) is 5.09. The molecule has 0 aromatic carbocycles. The minimum atomic E-state index is 0.164. The number of ether oxygens (including phenoxy) is 1. The summed E-state index contributed by atoms with van der Waals surface area (Å²) in [5, 5.41) is 9.11. The predicted molar refractivity (Wildman–Crippen MR) is 117 cm³/mol. The number of hydrogen-bond acceptors (Lipinski definition) is 4. The summed E-state index contributed by atoms with van der Waals surface area (Å²) in [7, 11) is 4.24. The van der Waals surface area contributed by atoms with E-state index in [1.54, 1.807) is 11.3 Å². The molecular weight excluding hydrogens is 356 g/mol. The van der Waals surface area contributed by atoms with Crippen molar-refractivity contribution in [2.75, 3.05) is 40.3 Å². The smallest absolute Gasteiger partial charge is 0.191 e. The van der Waals surface area contributed by atoms with Crippen LogP contribution in [0.15, 0.2) is 22.5 Å². The largest absolute Gasteiger partial charge is 0.377 e. The molecule has 0 aliphatic carbocycles. The van der Waals surface area contributed by atoms with Crippen molar-refractivity contribution in [3.63, 3.8) is 0 Å². The summed E-state index contributed by atoms with van der Waals surface area (Å²) in [6.07, 6.45) is 2.65. The van der Waals surface area contributed by atoms with Crippen LogP contribution in [0.25, 0.3) is 0 Å². The van der Waals surface area contributed by atoms with Gasteiger partial charge in [-0.25, -0.2) is 0 Å². The second kappa shape index (κ2) is 10.4. The molecule has 3 atom stereocenters. The molecule has 1 aliphatic heterocycles. The summed E-state index contributed by atoms with van der Waals surface area (Å²) in [4.78, 5) is 8.48. The molecule has 1 aromatic heterocycles. The van der Waals surface area contributed by atoms with Gasteiger partial charge in [-0.15, -0.1) is 11.3 Å². The highest BCUT2D eigenvalue weighted by Crippen LogP contribution is 2.33. The third-order valence-corrected chi connectivity index (χ3v) is 6.07. The Bertz CT molecular complexity index is 565. The number of rotatable bonds is 7. The second-order valence-corrected chi connectivity index (χ2v) is 9.63. The van der Waals surface area contributed by atoms with Gasteiger partial charge in [-0.1, -0.05) is 26.8 Å². The van der Waals surface area contributed by atoms with Gasteiger partial charge in [0, 0.05) is 30.5 Å². The first kappa shape index (κ1) is 22.2. The van der Waals surface area contributed by atoms with Gasteiger partial charge in [0.25, 0.3) is 0 Å². The Hall–Kier alpha value is -1.11. The average Bonchev–Trinajstić information content (AvgIpc) is 3.13. The summed E-state index contributed by atoms with van der Waals surface area (Å²) in [5.41, 5.74) is 0.164. The Morgan fingerprint density at radius 2 is 2.15 bits per heavy atom. The fraction of sp³-hybridized carbons (Fsp3) is 0.762. The first-order chi connectivity index (χ1) is 12.8. The maximum Gasteiger partial charge on any atom is 0.191 e. The summed E-state index contributed by atoms with van der Waals surface area (Å²) in [6, 6.07) is 4.61. The molecule has 2 N–H and O–H groups in total. The van der Waals surface area contributed by atoms with E-state index in [4.69, 9.17) is 9.73 Å². The first-order valence-corrected chi connectivity index (χ1v) is 11.0. The van der Waals surface area contributed by atoms with E-state index in [1.807, 2.05) is 0 Å². The van der Waals surface area contributed by atoms with Crippen molar-refractivity contribution in [1.82, 2.24) is 15.5 Å².